The number of carbonyl (C=O) groups excluding carboxylic acids is 1. The molecule has 232 valence electrons. The Morgan fingerprint density at radius 1 is 1.23 bits per heavy atom. The fourth-order valence-electron chi connectivity index (χ4n) is 5.23. The third kappa shape index (κ3) is 7.64. The average Bonchev–Trinajstić information content (AvgIpc) is 3.27. The number of thiophene rings is 1. The van der Waals surface area contributed by atoms with Crippen molar-refractivity contribution in [2.45, 2.75) is 31.2 Å². The molecule has 1 saturated heterocycles. The molecule has 1 aliphatic rings. The summed E-state index contributed by atoms with van der Waals surface area (Å²) in [5, 5.41) is 9.57. The molecule has 3 N–H and O–H groups in total. The Morgan fingerprint density at radius 2 is 1.98 bits per heavy atom. The Kier molecular flexibility index (Phi) is 10.00. The first kappa shape index (κ1) is 32.6. The summed E-state index contributed by atoms with van der Waals surface area (Å²) in [7, 11) is 1.76. The van der Waals surface area contributed by atoms with Crippen molar-refractivity contribution in [3.63, 3.8) is 0 Å². The average molecular weight is 639 g/mol. The SMILES string of the molecule is CNC(=O)c1ccc(OC)c(NCC#Cc2sc3c(NC4CCN(C)CC4F)cccc3c2CC(F)(F)F)c1P(C)(C)=O. The fraction of sp³-hybridized carbons (Fsp3) is 0.433. The van der Waals surface area contributed by atoms with Crippen molar-refractivity contribution in [1.29, 1.82) is 0 Å². The van der Waals surface area contributed by atoms with Gasteiger partial charge >= 0.3 is 6.18 Å². The van der Waals surface area contributed by atoms with Crippen molar-refractivity contribution >= 4 is 51.2 Å². The lowest BCUT2D eigenvalue weighted by Crippen LogP contribution is -2.46. The molecule has 0 saturated carbocycles. The van der Waals surface area contributed by atoms with Crippen molar-refractivity contribution in [3.05, 3.63) is 46.3 Å². The minimum absolute atomic E-state index is 0.0233. The Balaban J connectivity index is 1.69. The molecule has 2 unspecified atom stereocenters. The summed E-state index contributed by atoms with van der Waals surface area (Å²) in [5.74, 6) is 5.72. The Hall–Kier alpha value is -3.26. The molecule has 1 aliphatic heterocycles. The number of benzene rings is 2. The van der Waals surface area contributed by atoms with Crippen molar-refractivity contribution in [3.8, 4) is 17.6 Å². The molecule has 1 aromatic heterocycles. The van der Waals surface area contributed by atoms with E-state index in [1.165, 1.54) is 33.6 Å². The summed E-state index contributed by atoms with van der Waals surface area (Å²) in [6.07, 6.45) is -6.16. The molecule has 0 bridgehead atoms. The van der Waals surface area contributed by atoms with Gasteiger partial charge in [0.1, 0.15) is 19.1 Å². The van der Waals surface area contributed by atoms with E-state index in [1.54, 1.807) is 24.3 Å². The molecule has 4 rings (SSSR count). The highest BCUT2D eigenvalue weighted by atomic mass is 32.1. The molecule has 43 heavy (non-hydrogen) atoms. The molecule has 3 aromatic rings. The quantitative estimate of drug-likeness (QED) is 0.171. The van der Waals surface area contributed by atoms with Crippen LogP contribution in [0, 0.1) is 11.8 Å². The van der Waals surface area contributed by atoms with Gasteiger partial charge in [-0.05, 0) is 55.9 Å². The number of hydrogen-bond acceptors (Lipinski definition) is 7. The van der Waals surface area contributed by atoms with Gasteiger partial charge in [0, 0.05) is 20.1 Å². The number of piperidine rings is 1. The van der Waals surface area contributed by atoms with Crippen molar-refractivity contribution in [1.82, 2.24) is 10.2 Å². The second kappa shape index (κ2) is 13.2. The van der Waals surface area contributed by atoms with Crippen molar-refractivity contribution < 1.29 is 31.7 Å². The molecule has 1 amide bonds. The summed E-state index contributed by atoms with van der Waals surface area (Å²) < 4.78 is 75.0. The summed E-state index contributed by atoms with van der Waals surface area (Å²) >= 11 is 1.13. The molecular weight excluding hydrogens is 603 g/mol. The number of methoxy groups -OCH3 is 1. The smallest absolute Gasteiger partial charge is 0.393 e. The van der Waals surface area contributed by atoms with Crippen molar-refractivity contribution in [2.24, 2.45) is 0 Å². The molecular formula is C30H35F4N4O3PS. The predicted molar refractivity (Wildman–Crippen MR) is 167 cm³/mol. The van der Waals surface area contributed by atoms with Crippen LogP contribution in [0.5, 0.6) is 5.75 Å². The number of alkyl halides is 4. The second-order valence-electron chi connectivity index (χ2n) is 10.8. The number of nitrogens with zero attached hydrogens (tertiary/aromatic N) is 1. The molecule has 2 atom stereocenters. The molecule has 1 fully saturated rings. The Morgan fingerprint density at radius 3 is 2.60 bits per heavy atom. The van der Waals surface area contributed by atoms with E-state index in [-0.39, 0.29) is 29.1 Å². The monoisotopic (exact) mass is 638 g/mol. The van der Waals surface area contributed by atoms with E-state index in [1.807, 2.05) is 11.9 Å². The second-order valence-corrected chi connectivity index (χ2v) is 15.0. The maximum Gasteiger partial charge on any atom is 0.393 e. The topological polar surface area (TPSA) is 82.7 Å². The van der Waals surface area contributed by atoms with E-state index in [2.05, 4.69) is 27.8 Å². The number of rotatable bonds is 8. The van der Waals surface area contributed by atoms with Gasteiger partial charge in [0.25, 0.3) is 5.91 Å². The van der Waals surface area contributed by atoms with Gasteiger partial charge in [-0.2, -0.15) is 13.2 Å². The third-order valence-electron chi connectivity index (χ3n) is 7.21. The van der Waals surface area contributed by atoms with Crippen LogP contribution in [-0.2, 0) is 11.0 Å². The van der Waals surface area contributed by atoms with Crippen LogP contribution in [0.15, 0.2) is 30.3 Å². The zero-order valence-corrected chi connectivity index (χ0v) is 26.3. The van der Waals surface area contributed by atoms with Gasteiger partial charge < -0.3 is 30.2 Å². The number of anilines is 2. The summed E-state index contributed by atoms with van der Waals surface area (Å²) in [4.78, 5) is 14.7. The highest BCUT2D eigenvalue weighted by Crippen LogP contribution is 2.43. The standard InChI is InChI=1S/C30H35F4N4O3PS/c1-35-29(39)19-11-12-24(41-3)26(27(19)42(4,5)40)36-14-7-10-25-20(16-30(32,33)34)18-8-6-9-23(28(18)43-25)37-22-13-15-38(2)17-21(22)31/h6,8-9,11-12,21-22,36-37H,13-17H2,1-5H3,(H,35,39). The molecule has 0 spiro atoms. The number of likely N-dealkylation sites (tertiary alicyclic amines) is 1. The van der Waals surface area contributed by atoms with Crippen LogP contribution in [0.2, 0.25) is 0 Å². The zero-order chi connectivity index (χ0) is 31.5. The molecule has 0 aliphatic carbocycles. The normalized spacial score (nSPS) is 17.7. The van der Waals surface area contributed by atoms with E-state index >= 15 is 0 Å². The first-order valence-corrected chi connectivity index (χ1v) is 17.1. The van der Waals surface area contributed by atoms with Gasteiger partial charge in [-0.3, -0.25) is 4.79 Å². The van der Waals surface area contributed by atoms with Crippen LogP contribution in [0.4, 0.5) is 28.9 Å². The van der Waals surface area contributed by atoms with E-state index in [9.17, 15) is 26.9 Å². The Bertz CT molecular complexity index is 1610. The molecule has 0 radical (unpaired) electrons. The minimum Gasteiger partial charge on any atom is -0.495 e. The van der Waals surface area contributed by atoms with Gasteiger partial charge in [-0.1, -0.05) is 24.0 Å². The molecule has 2 heterocycles. The number of nitrogens with one attached hydrogen (secondary N) is 3. The van der Waals surface area contributed by atoms with Gasteiger partial charge in [0.05, 0.1) is 57.9 Å². The maximum absolute atomic E-state index is 14.8. The van der Waals surface area contributed by atoms with Crippen molar-refractivity contribution in [2.75, 3.05) is 64.8 Å². The number of hydrogen-bond donors (Lipinski definition) is 3. The van der Waals surface area contributed by atoms with Gasteiger partial charge in [0.2, 0.25) is 0 Å². The summed E-state index contributed by atoms with van der Waals surface area (Å²) in [5.41, 5.74) is 1.21. The van der Waals surface area contributed by atoms with Crippen LogP contribution in [0.25, 0.3) is 10.1 Å². The highest BCUT2D eigenvalue weighted by molar-refractivity contribution is 7.70. The van der Waals surface area contributed by atoms with Gasteiger partial charge in [-0.15, -0.1) is 11.3 Å². The van der Waals surface area contributed by atoms with E-state index < -0.39 is 37.9 Å². The number of carbonyl (C=O) groups is 1. The first-order chi connectivity index (χ1) is 20.2. The van der Waals surface area contributed by atoms with E-state index in [4.69, 9.17) is 4.74 Å². The third-order valence-corrected chi connectivity index (χ3v) is 9.94. The van der Waals surface area contributed by atoms with Crippen LogP contribution in [0.3, 0.4) is 0 Å². The number of halogens is 4. The van der Waals surface area contributed by atoms with Crippen LogP contribution >= 0.6 is 18.5 Å². The maximum atomic E-state index is 14.8. The van der Waals surface area contributed by atoms with Crippen LogP contribution in [-0.4, -0.2) is 83.4 Å². The summed E-state index contributed by atoms with van der Waals surface area (Å²) in [6.45, 7) is 4.04. The lowest BCUT2D eigenvalue weighted by atomic mass is 10.0. The number of amides is 1. The minimum atomic E-state index is -4.46. The lowest BCUT2D eigenvalue weighted by molar-refractivity contribution is -0.126. The molecule has 2 aromatic carbocycles. The fourth-order valence-corrected chi connectivity index (χ4v) is 7.88. The van der Waals surface area contributed by atoms with Crippen LogP contribution < -0.4 is 26.0 Å². The first-order valence-electron chi connectivity index (χ1n) is 13.6. The predicted octanol–water partition coefficient (Wildman–Crippen LogP) is 5.54. The van der Waals surface area contributed by atoms with Gasteiger partial charge in [0.15, 0.2) is 0 Å². The Labute approximate surface area is 252 Å². The van der Waals surface area contributed by atoms with Crippen LogP contribution in [0.1, 0.15) is 27.2 Å². The lowest BCUT2D eigenvalue weighted by Gasteiger charge is -2.33. The number of fused-ring (bicyclic) bond motifs is 1. The highest BCUT2D eigenvalue weighted by Gasteiger charge is 2.32. The largest absolute Gasteiger partial charge is 0.495 e. The number of ether oxygens (including phenoxy) is 1. The van der Waals surface area contributed by atoms with Gasteiger partial charge in [-0.25, -0.2) is 4.39 Å². The van der Waals surface area contributed by atoms with E-state index in [0.29, 0.717) is 45.5 Å². The molecule has 7 nitrogen and oxygen atoms in total. The summed E-state index contributed by atoms with van der Waals surface area (Å²) in [6, 6.07) is 7.71. The zero-order valence-electron chi connectivity index (χ0n) is 24.6. The molecule has 13 heteroatoms. The van der Waals surface area contributed by atoms with E-state index in [0.717, 1.165) is 11.3 Å².